The Balaban J connectivity index is 1.90. The highest BCUT2D eigenvalue weighted by atomic mass is 32.2. The minimum atomic E-state index is -3.50. The second-order valence-electron chi connectivity index (χ2n) is 6.01. The molecule has 1 aliphatic carbocycles. The van der Waals surface area contributed by atoms with E-state index in [-0.39, 0.29) is 22.8 Å². The fourth-order valence-electron chi connectivity index (χ4n) is 3.33. The molecule has 1 amide bonds. The Bertz CT molecular complexity index is 702. The number of nitrogens with two attached hydrogens (primary N) is 1. The lowest BCUT2D eigenvalue weighted by Gasteiger charge is -2.21. The van der Waals surface area contributed by atoms with Crippen LogP contribution in [0.15, 0.2) is 23.1 Å². The third-order valence-electron chi connectivity index (χ3n) is 4.62. The van der Waals surface area contributed by atoms with Crippen LogP contribution in [0.4, 0.5) is 5.69 Å². The molecule has 0 spiro atoms. The monoisotopic (exact) mass is 323 g/mol. The van der Waals surface area contributed by atoms with Crippen molar-refractivity contribution >= 4 is 21.6 Å². The van der Waals surface area contributed by atoms with E-state index in [4.69, 9.17) is 5.73 Å². The summed E-state index contributed by atoms with van der Waals surface area (Å²) in [6.07, 6.45) is 3.19. The van der Waals surface area contributed by atoms with Crippen LogP contribution in [0.5, 0.6) is 0 Å². The van der Waals surface area contributed by atoms with Crippen molar-refractivity contribution in [2.24, 2.45) is 11.7 Å². The molecule has 1 aromatic rings. The van der Waals surface area contributed by atoms with Crippen molar-refractivity contribution in [3.8, 4) is 0 Å². The Labute approximate surface area is 130 Å². The first-order chi connectivity index (χ1) is 10.4. The van der Waals surface area contributed by atoms with Crippen molar-refractivity contribution in [2.45, 2.75) is 36.6 Å². The summed E-state index contributed by atoms with van der Waals surface area (Å²) in [5.74, 6) is 0.0382. The molecule has 1 aromatic carbocycles. The first-order valence-corrected chi connectivity index (χ1v) is 9.04. The molecule has 3 N–H and O–H groups in total. The zero-order valence-corrected chi connectivity index (χ0v) is 13.4. The van der Waals surface area contributed by atoms with Crippen LogP contribution in [0.25, 0.3) is 0 Å². The third-order valence-corrected chi connectivity index (χ3v) is 6.03. The third kappa shape index (κ3) is 2.64. The lowest BCUT2D eigenvalue weighted by atomic mass is 10.1. The molecule has 7 heteroatoms. The number of benzene rings is 1. The standard InChI is InChI=1S/C15H21N3O3S/c1-17-22(20,21)13-5-3-10-6-7-18(14(10)9-13)15(19)11-2-4-12(16)8-11/h3,5,9,11-12,17H,2,4,6-8,16H2,1H3/t11-,12+/m0/s1. The highest BCUT2D eigenvalue weighted by molar-refractivity contribution is 7.89. The Kier molecular flexibility index (Phi) is 3.96. The summed E-state index contributed by atoms with van der Waals surface area (Å²) in [7, 11) is -2.12. The molecule has 1 fully saturated rings. The number of anilines is 1. The summed E-state index contributed by atoms with van der Waals surface area (Å²) in [4.78, 5) is 14.6. The van der Waals surface area contributed by atoms with E-state index < -0.39 is 10.0 Å². The molecule has 2 aliphatic rings. The zero-order valence-electron chi connectivity index (χ0n) is 12.6. The largest absolute Gasteiger partial charge is 0.328 e. The van der Waals surface area contributed by atoms with Crippen molar-refractivity contribution in [3.63, 3.8) is 0 Å². The lowest BCUT2D eigenvalue weighted by molar-refractivity contribution is -0.122. The van der Waals surface area contributed by atoms with Crippen LogP contribution >= 0.6 is 0 Å². The van der Waals surface area contributed by atoms with E-state index in [1.54, 1.807) is 23.1 Å². The molecule has 0 aromatic heterocycles. The molecular weight excluding hydrogens is 302 g/mol. The van der Waals surface area contributed by atoms with Crippen molar-refractivity contribution in [2.75, 3.05) is 18.5 Å². The van der Waals surface area contributed by atoms with Crippen LogP contribution in [0.3, 0.4) is 0 Å². The molecule has 1 aliphatic heterocycles. The SMILES string of the molecule is CNS(=O)(=O)c1ccc2c(c1)N(C(=O)[C@H]1CC[C@@H](N)C1)CC2. The van der Waals surface area contributed by atoms with Gasteiger partial charge in [-0.05, 0) is 50.4 Å². The number of hydrogen-bond acceptors (Lipinski definition) is 4. The number of sulfonamides is 1. The normalized spacial score (nSPS) is 24.5. The number of nitrogens with one attached hydrogen (secondary N) is 1. The molecule has 0 unspecified atom stereocenters. The van der Waals surface area contributed by atoms with Crippen molar-refractivity contribution in [1.29, 1.82) is 0 Å². The van der Waals surface area contributed by atoms with Gasteiger partial charge in [-0.25, -0.2) is 13.1 Å². The van der Waals surface area contributed by atoms with Gasteiger partial charge in [0.1, 0.15) is 0 Å². The summed E-state index contributed by atoms with van der Waals surface area (Å²) in [5.41, 5.74) is 7.64. The number of fused-ring (bicyclic) bond motifs is 1. The van der Waals surface area contributed by atoms with Gasteiger partial charge < -0.3 is 10.6 Å². The van der Waals surface area contributed by atoms with Gasteiger partial charge in [-0.15, -0.1) is 0 Å². The Morgan fingerprint density at radius 3 is 2.77 bits per heavy atom. The molecule has 2 atom stereocenters. The quantitative estimate of drug-likeness (QED) is 0.852. The van der Waals surface area contributed by atoms with Gasteiger partial charge in [-0.2, -0.15) is 0 Å². The van der Waals surface area contributed by atoms with Crippen LogP contribution in [0.1, 0.15) is 24.8 Å². The predicted octanol–water partition coefficient (Wildman–Crippen LogP) is 0.611. The Morgan fingerprint density at radius 2 is 2.14 bits per heavy atom. The first-order valence-electron chi connectivity index (χ1n) is 7.56. The number of nitrogens with zero attached hydrogens (tertiary/aromatic N) is 1. The molecule has 1 saturated carbocycles. The highest BCUT2D eigenvalue weighted by Gasteiger charge is 2.34. The summed E-state index contributed by atoms with van der Waals surface area (Å²) < 4.78 is 26.2. The zero-order chi connectivity index (χ0) is 15.9. The summed E-state index contributed by atoms with van der Waals surface area (Å²) >= 11 is 0. The van der Waals surface area contributed by atoms with Gasteiger partial charge in [0.05, 0.1) is 4.90 Å². The van der Waals surface area contributed by atoms with Crippen LogP contribution in [0, 0.1) is 5.92 Å². The fraction of sp³-hybridized carbons (Fsp3) is 0.533. The average Bonchev–Trinajstić information content (AvgIpc) is 3.12. The van der Waals surface area contributed by atoms with E-state index in [2.05, 4.69) is 4.72 Å². The minimum absolute atomic E-state index is 0.0366. The van der Waals surface area contributed by atoms with Gasteiger partial charge in [0.25, 0.3) is 0 Å². The summed E-state index contributed by atoms with van der Waals surface area (Å²) in [6.45, 7) is 0.614. The van der Waals surface area contributed by atoms with Gasteiger partial charge in [0.2, 0.25) is 15.9 Å². The molecule has 0 saturated heterocycles. The average molecular weight is 323 g/mol. The predicted molar refractivity (Wildman–Crippen MR) is 84.1 cm³/mol. The molecule has 0 bridgehead atoms. The maximum atomic E-state index is 12.7. The van der Waals surface area contributed by atoms with E-state index in [1.807, 2.05) is 0 Å². The van der Waals surface area contributed by atoms with Crippen LogP contribution in [-0.2, 0) is 21.2 Å². The summed E-state index contributed by atoms with van der Waals surface area (Å²) in [5, 5.41) is 0. The van der Waals surface area contributed by atoms with Gasteiger partial charge in [-0.3, -0.25) is 4.79 Å². The van der Waals surface area contributed by atoms with Crippen LogP contribution < -0.4 is 15.4 Å². The van der Waals surface area contributed by atoms with Gasteiger partial charge in [0.15, 0.2) is 0 Å². The molecule has 6 nitrogen and oxygen atoms in total. The second-order valence-corrected chi connectivity index (χ2v) is 7.89. The summed E-state index contributed by atoms with van der Waals surface area (Å²) in [6, 6.07) is 5.09. The number of amides is 1. The maximum absolute atomic E-state index is 12.7. The Hall–Kier alpha value is -1.44. The van der Waals surface area contributed by atoms with E-state index >= 15 is 0 Å². The first kappa shape index (κ1) is 15.5. The molecule has 3 rings (SSSR count). The van der Waals surface area contributed by atoms with E-state index in [9.17, 15) is 13.2 Å². The highest BCUT2D eigenvalue weighted by Crippen LogP contribution is 2.34. The molecule has 0 radical (unpaired) electrons. The van der Waals surface area contributed by atoms with E-state index in [0.717, 1.165) is 36.9 Å². The van der Waals surface area contributed by atoms with Crippen molar-refractivity contribution in [1.82, 2.24) is 4.72 Å². The molecule has 1 heterocycles. The number of hydrogen-bond donors (Lipinski definition) is 2. The van der Waals surface area contributed by atoms with Crippen LogP contribution in [0.2, 0.25) is 0 Å². The second kappa shape index (κ2) is 5.64. The van der Waals surface area contributed by atoms with E-state index in [1.165, 1.54) is 7.05 Å². The molecular formula is C15H21N3O3S. The van der Waals surface area contributed by atoms with Crippen LogP contribution in [-0.4, -0.2) is 34.0 Å². The van der Waals surface area contributed by atoms with E-state index in [0.29, 0.717) is 6.54 Å². The lowest BCUT2D eigenvalue weighted by Crippen LogP contribution is -2.34. The number of carbonyl (C=O) groups excluding carboxylic acids is 1. The fourth-order valence-corrected chi connectivity index (χ4v) is 4.08. The Morgan fingerprint density at radius 1 is 1.36 bits per heavy atom. The topological polar surface area (TPSA) is 92.5 Å². The smallest absolute Gasteiger partial charge is 0.240 e. The van der Waals surface area contributed by atoms with Gasteiger partial charge in [-0.1, -0.05) is 6.07 Å². The van der Waals surface area contributed by atoms with Gasteiger partial charge in [0, 0.05) is 24.2 Å². The number of carbonyl (C=O) groups is 1. The maximum Gasteiger partial charge on any atom is 0.240 e. The van der Waals surface area contributed by atoms with Crippen molar-refractivity contribution < 1.29 is 13.2 Å². The molecule has 22 heavy (non-hydrogen) atoms. The minimum Gasteiger partial charge on any atom is -0.328 e. The van der Waals surface area contributed by atoms with Crippen molar-refractivity contribution in [3.05, 3.63) is 23.8 Å². The number of rotatable bonds is 3. The van der Waals surface area contributed by atoms with Gasteiger partial charge >= 0.3 is 0 Å². The molecule has 120 valence electrons.